The first-order valence-corrected chi connectivity index (χ1v) is 1.42. The highest BCUT2D eigenvalue weighted by Gasteiger charge is 1.58. The summed E-state index contributed by atoms with van der Waals surface area (Å²) in [6, 6.07) is 0. The summed E-state index contributed by atoms with van der Waals surface area (Å²) in [6.45, 7) is 3.94. The molecule has 0 atom stereocenters. The Kier molecular flexibility index (Phi) is 3.41. The molecule has 0 bridgehead atoms. The lowest BCUT2D eigenvalue weighted by Crippen LogP contribution is -2.07. The Labute approximate surface area is 31.6 Å². The lowest BCUT2D eigenvalue weighted by molar-refractivity contribution is 0.791. The molecule has 0 aliphatic heterocycles. The Bertz CT molecular complexity index is 26.1. The number of rotatable bonds is 2. The predicted octanol–water partition coefficient (Wildman–Crippen LogP) is -0.0401. The Morgan fingerprint density at radius 2 is 2.60 bits per heavy atom. The van der Waals surface area contributed by atoms with Gasteiger partial charge in [0.05, 0.1) is 0 Å². The highest BCUT2D eigenvalue weighted by Crippen LogP contribution is 1.47. The van der Waals surface area contributed by atoms with Gasteiger partial charge in [0.2, 0.25) is 0 Å². The topological polar surface area (TPSA) is 35.8 Å². The lowest BCUT2D eigenvalue weighted by atomic mass is 10.7. The fourth-order valence-corrected chi connectivity index (χ4v) is 0.0722. The van der Waals surface area contributed by atoms with Crippen LogP contribution < -0.4 is 11.3 Å². The molecule has 0 amide bonds. The van der Waals surface area contributed by atoms with Gasteiger partial charge in [-0.2, -0.15) is 5.84 Å². The summed E-state index contributed by atoms with van der Waals surface area (Å²) in [4.78, 5) is 0. The second-order valence-corrected chi connectivity index (χ2v) is 0.670. The summed E-state index contributed by atoms with van der Waals surface area (Å²) in [7, 11) is 0. The van der Waals surface area contributed by atoms with Gasteiger partial charge in [-0.1, -0.05) is 6.08 Å². The SMILES string of the molecule is C=CCN[NH]. The zero-order valence-corrected chi connectivity index (χ0v) is 2.99. The van der Waals surface area contributed by atoms with Crippen molar-refractivity contribution in [3.63, 3.8) is 0 Å². The van der Waals surface area contributed by atoms with Gasteiger partial charge in [-0.15, -0.1) is 6.58 Å². The number of hydrogen-bond acceptors (Lipinski definition) is 1. The van der Waals surface area contributed by atoms with E-state index in [2.05, 4.69) is 12.0 Å². The van der Waals surface area contributed by atoms with E-state index in [9.17, 15) is 0 Å². The maximum atomic E-state index is 6.28. The smallest absolute Gasteiger partial charge is 0.0292 e. The summed E-state index contributed by atoms with van der Waals surface area (Å²) in [6.07, 6.45) is 1.63. The minimum absolute atomic E-state index is 0.569. The average Bonchev–Trinajstić information content (AvgIpc) is 1.41. The molecule has 5 heavy (non-hydrogen) atoms. The van der Waals surface area contributed by atoms with E-state index >= 15 is 0 Å². The molecule has 0 fully saturated rings. The van der Waals surface area contributed by atoms with Crippen molar-refractivity contribution in [2.45, 2.75) is 0 Å². The first-order chi connectivity index (χ1) is 2.41. The second kappa shape index (κ2) is 3.66. The molecule has 0 aromatic carbocycles. The van der Waals surface area contributed by atoms with E-state index in [1.54, 1.807) is 6.08 Å². The predicted molar refractivity (Wildman–Crippen MR) is 21.3 cm³/mol. The van der Waals surface area contributed by atoms with Gasteiger partial charge >= 0.3 is 0 Å². The van der Waals surface area contributed by atoms with Gasteiger partial charge in [-0.05, 0) is 0 Å². The van der Waals surface area contributed by atoms with Crippen LogP contribution in [0.4, 0.5) is 0 Å². The van der Waals surface area contributed by atoms with E-state index in [4.69, 9.17) is 5.84 Å². The Hall–Kier alpha value is -0.340. The number of hydrogen-bond donors (Lipinski definition) is 1. The van der Waals surface area contributed by atoms with Crippen LogP contribution in [0.25, 0.3) is 0 Å². The minimum Gasteiger partial charge on any atom is -0.239 e. The molecular formula is C3H7N2. The van der Waals surface area contributed by atoms with Crippen molar-refractivity contribution in [2.75, 3.05) is 6.54 Å². The number of nitrogens with one attached hydrogen (secondary N) is 2. The van der Waals surface area contributed by atoms with Gasteiger partial charge in [0.25, 0.3) is 0 Å². The van der Waals surface area contributed by atoms with E-state index in [-0.39, 0.29) is 0 Å². The van der Waals surface area contributed by atoms with E-state index in [0.717, 1.165) is 0 Å². The van der Waals surface area contributed by atoms with Crippen LogP contribution in [-0.4, -0.2) is 6.54 Å². The molecule has 29 valence electrons. The molecule has 0 aromatic heterocycles. The van der Waals surface area contributed by atoms with Crippen molar-refractivity contribution >= 4 is 0 Å². The van der Waals surface area contributed by atoms with E-state index in [1.807, 2.05) is 0 Å². The summed E-state index contributed by atoms with van der Waals surface area (Å²) < 4.78 is 0. The zero-order valence-electron chi connectivity index (χ0n) is 2.99. The van der Waals surface area contributed by atoms with Crippen molar-refractivity contribution < 1.29 is 0 Å². The molecule has 0 saturated carbocycles. The van der Waals surface area contributed by atoms with Gasteiger partial charge in [-0.3, -0.25) is 0 Å². The molecule has 0 unspecified atom stereocenters. The van der Waals surface area contributed by atoms with Crippen LogP contribution in [0.1, 0.15) is 0 Å². The van der Waals surface area contributed by atoms with Crippen LogP contribution in [0.15, 0.2) is 12.7 Å². The largest absolute Gasteiger partial charge is 0.239 e. The minimum atomic E-state index is 0.569. The van der Waals surface area contributed by atoms with Crippen LogP contribution in [0.5, 0.6) is 0 Å². The fourth-order valence-electron chi connectivity index (χ4n) is 0.0722. The second-order valence-electron chi connectivity index (χ2n) is 0.670. The summed E-state index contributed by atoms with van der Waals surface area (Å²) >= 11 is 0. The van der Waals surface area contributed by atoms with Gasteiger partial charge < -0.3 is 0 Å². The molecule has 2 N–H and O–H groups in total. The zero-order chi connectivity index (χ0) is 4.12. The normalized spacial score (nSPS) is 7.40. The molecule has 0 saturated heterocycles. The van der Waals surface area contributed by atoms with Crippen molar-refractivity contribution in [1.82, 2.24) is 11.3 Å². The first kappa shape index (κ1) is 4.66. The van der Waals surface area contributed by atoms with Crippen LogP contribution in [0.2, 0.25) is 0 Å². The molecule has 0 heterocycles. The molecule has 0 aromatic rings. The lowest BCUT2D eigenvalue weighted by Gasteiger charge is -1.78. The molecule has 2 nitrogen and oxygen atoms in total. The molecule has 0 rings (SSSR count). The highest BCUT2D eigenvalue weighted by atomic mass is 15.2. The third-order valence-corrected chi connectivity index (χ3v) is 0.246. The molecular weight excluding hydrogens is 64.0 g/mol. The van der Waals surface area contributed by atoms with Crippen molar-refractivity contribution in [3.8, 4) is 0 Å². The maximum absolute atomic E-state index is 6.28. The Morgan fingerprint density at radius 1 is 2.00 bits per heavy atom. The molecule has 0 spiro atoms. The molecule has 0 aliphatic rings. The summed E-state index contributed by atoms with van der Waals surface area (Å²) in [5, 5.41) is 0. The molecule has 2 heteroatoms. The molecule has 1 radical (unpaired) electrons. The van der Waals surface area contributed by atoms with E-state index in [0.29, 0.717) is 6.54 Å². The van der Waals surface area contributed by atoms with Crippen molar-refractivity contribution in [1.29, 1.82) is 0 Å². The summed E-state index contributed by atoms with van der Waals surface area (Å²) in [5.74, 6) is 6.28. The molecule has 0 aliphatic carbocycles. The fraction of sp³-hybridized carbons (Fsp3) is 0.333. The van der Waals surface area contributed by atoms with Crippen molar-refractivity contribution in [2.24, 2.45) is 0 Å². The van der Waals surface area contributed by atoms with Crippen LogP contribution >= 0.6 is 0 Å². The standard InChI is InChI=1S/C3H7N2/c1-2-3-5-4/h2,4-5H,1,3H2. The third kappa shape index (κ3) is 3.66. The third-order valence-electron chi connectivity index (χ3n) is 0.246. The summed E-state index contributed by atoms with van der Waals surface area (Å²) in [5.41, 5.74) is 2.15. The van der Waals surface area contributed by atoms with E-state index in [1.165, 1.54) is 0 Å². The van der Waals surface area contributed by atoms with Crippen LogP contribution in [0, 0.1) is 0 Å². The monoisotopic (exact) mass is 71.1 g/mol. The quantitative estimate of drug-likeness (QED) is 0.360. The first-order valence-electron chi connectivity index (χ1n) is 1.42. The highest BCUT2D eigenvalue weighted by molar-refractivity contribution is 4.66. The van der Waals surface area contributed by atoms with Gasteiger partial charge in [0.1, 0.15) is 0 Å². The van der Waals surface area contributed by atoms with E-state index < -0.39 is 0 Å². The van der Waals surface area contributed by atoms with Crippen LogP contribution in [0.3, 0.4) is 0 Å². The van der Waals surface area contributed by atoms with Gasteiger partial charge in [0.15, 0.2) is 0 Å². The van der Waals surface area contributed by atoms with Crippen LogP contribution in [-0.2, 0) is 0 Å². The van der Waals surface area contributed by atoms with Gasteiger partial charge in [-0.25, -0.2) is 5.43 Å². The Balaban J connectivity index is 2.40. The average molecular weight is 71.1 g/mol. The maximum Gasteiger partial charge on any atom is 0.0292 e. The van der Waals surface area contributed by atoms with Gasteiger partial charge in [0, 0.05) is 6.54 Å². The van der Waals surface area contributed by atoms with Crippen molar-refractivity contribution in [3.05, 3.63) is 12.7 Å². The Morgan fingerprint density at radius 3 is 2.60 bits per heavy atom.